The Kier molecular flexibility index (Phi) is 43.0. The Hall–Kier alpha value is -0.530. The Balaban J connectivity index is 3.14. The number of carbonyl (C=O) groups excluding carboxylic acids is 1. The van der Waals surface area contributed by atoms with Crippen molar-refractivity contribution in [1.82, 2.24) is 0 Å². The number of ether oxygens (including phenoxy) is 1. The first-order valence-electron chi connectivity index (χ1n) is 22.5. The largest absolute Gasteiger partial charge is 0.466 e. The highest BCUT2D eigenvalue weighted by atomic mass is 16.5. The molecule has 0 aliphatic heterocycles. The van der Waals surface area contributed by atoms with Gasteiger partial charge < -0.3 is 4.74 Å². The maximum atomic E-state index is 12.0. The van der Waals surface area contributed by atoms with Gasteiger partial charge in [-0.25, -0.2) is 0 Å². The molecule has 0 unspecified atom stereocenters. The predicted octanol–water partition coefficient (Wildman–Crippen LogP) is 16.6. The van der Waals surface area contributed by atoms with E-state index in [1.165, 1.54) is 244 Å². The molecule has 0 spiro atoms. The number of hydrogen-bond acceptors (Lipinski definition) is 2. The van der Waals surface area contributed by atoms with E-state index in [-0.39, 0.29) is 5.97 Å². The molecule has 0 bridgehead atoms. The summed E-state index contributed by atoms with van der Waals surface area (Å²) in [6.45, 7) is 5.23. The number of rotatable bonds is 42. The third-order valence-corrected chi connectivity index (χ3v) is 10.5. The number of unbranched alkanes of at least 4 members (excludes halogenated alkanes) is 38. The fraction of sp³-hybridized carbons (Fsp3) is 0.978. The number of carbonyl (C=O) groups is 1. The van der Waals surface area contributed by atoms with Crippen molar-refractivity contribution in [2.75, 3.05) is 6.61 Å². The summed E-state index contributed by atoms with van der Waals surface area (Å²) in [4.78, 5) is 12.0. The molecule has 47 heavy (non-hydrogen) atoms. The maximum Gasteiger partial charge on any atom is 0.305 e. The zero-order valence-electron chi connectivity index (χ0n) is 33.0. The molecule has 282 valence electrons. The second-order valence-corrected chi connectivity index (χ2v) is 15.4. The Morgan fingerprint density at radius 2 is 0.468 bits per heavy atom. The quantitative estimate of drug-likeness (QED) is 0.0480. The van der Waals surface area contributed by atoms with Gasteiger partial charge in [0.1, 0.15) is 0 Å². The molecule has 0 aromatic rings. The molecule has 2 heteroatoms. The summed E-state index contributed by atoms with van der Waals surface area (Å²) >= 11 is 0. The van der Waals surface area contributed by atoms with Gasteiger partial charge in [-0.3, -0.25) is 4.79 Å². The lowest BCUT2D eigenvalue weighted by atomic mass is 10.0. The summed E-state index contributed by atoms with van der Waals surface area (Å²) < 4.78 is 5.48. The fourth-order valence-electron chi connectivity index (χ4n) is 7.14. The number of esters is 1. The SMILES string of the molecule is CCCCCCCCCCCCCCCCCCCCCCCOC(=O)CCCCCCCCCCCCCCCCCCCCC. The van der Waals surface area contributed by atoms with Gasteiger partial charge in [0.2, 0.25) is 0 Å². The molecular weight excluding hydrogens is 572 g/mol. The smallest absolute Gasteiger partial charge is 0.305 e. The van der Waals surface area contributed by atoms with Crippen molar-refractivity contribution in [2.24, 2.45) is 0 Å². The highest BCUT2D eigenvalue weighted by Crippen LogP contribution is 2.17. The topological polar surface area (TPSA) is 26.3 Å². The zero-order valence-corrected chi connectivity index (χ0v) is 33.0. The van der Waals surface area contributed by atoms with Gasteiger partial charge >= 0.3 is 5.97 Å². The summed E-state index contributed by atoms with van der Waals surface area (Å²) in [7, 11) is 0. The molecular formula is C45H90O2. The minimum Gasteiger partial charge on any atom is -0.466 e. The van der Waals surface area contributed by atoms with Crippen LogP contribution in [0.3, 0.4) is 0 Å². The van der Waals surface area contributed by atoms with E-state index in [9.17, 15) is 4.79 Å². The Morgan fingerprint density at radius 1 is 0.277 bits per heavy atom. The van der Waals surface area contributed by atoms with Crippen LogP contribution in [0.4, 0.5) is 0 Å². The first-order valence-corrected chi connectivity index (χ1v) is 22.5. The second kappa shape index (κ2) is 43.5. The first kappa shape index (κ1) is 46.5. The van der Waals surface area contributed by atoms with Crippen LogP contribution in [0.15, 0.2) is 0 Å². The van der Waals surface area contributed by atoms with E-state index in [4.69, 9.17) is 4.74 Å². The molecule has 0 rings (SSSR count). The third kappa shape index (κ3) is 43.4. The molecule has 0 saturated heterocycles. The first-order chi connectivity index (χ1) is 23.3. The second-order valence-electron chi connectivity index (χ2n) is 15.4. The van der Waals surface area contributed by atoms with Crippen LogP contribution in [0.1, 0.15) is 277 Å². The molecule has 0 saturated carbocycles. The Labute approximate surface area is 298 Å². The van der Waals surface area contributed by atoms with Crippen LogP contribution in [0.5, 0.6) is 0 Å². The van der Waals surface area contributed by atoms with Crippen LogP contribution in [0.2, 0.25) is 0 Å². The Morgan fingerprint density at radius 3 is 0.702 bits per heavy atom. The van der Waals surface area contributed by atoms with Gasteiger partial charge in [0.25, 0.3) is 0 Å². The standard InChI is InChI=1S/C45H90O2/c1-3-5-7-9-11-13-15-17-19-21-23-24-26-28-30-32-34-36-38-40-42-44-47-45(46)43-41-39-37-35-33-31-29-27-25-22-20-18-16-14-12-10-8-6-4-2/h3-44H2,1-2H3. The van der Waals surface area contributed by atoms with Crippen LogP contribution < -0.4 is 0 Å². The van der Waals surface area contributed by atoms with Crippen LogP contribution in [0.25, 0.3) is 0 Å². The predicted molar refractivity (Wildman–Crippen MR) is 212 cm³/mol. The normalized spacial score (nSPS) is 11.4. The van der Waals surface area contributed by atoms with Crippen molar-refractivity contribution in [3.8, 4) is 0 Å². The summed E-state index contributed by atoms with van der Waals surface area (Å²) in [6.07, 6.45) is 56.4. The van der Waals surface area contributed by atoms with Crippen molar-refractivity contribution in [3.05, 3.63) is 0 Å². The highest BCUT2D eigenvalue weighted by Gasteiger charge is 2.03. The molecule has 0 amide bonds. The molecule has 0 aromatic heterocycles. The van der Waals surface area contributed by atoms with Crippen molar-refractivity contribution in [2.45, 2.75) is 277 Å². The van der Waals surface area contributed by atoms with Crippen LogP contribution >= 0.6 is 0 Å². The van der Waals surface area contributed by atoms with Crippen LogP contribution in [-0.2, 0) is 9.53 Å². The minimum absolute atomic E-state index is 0.0325. The van der Waals surface area contributed by atoms with Gasteiger partial charge in [-0.05, 0) is 12.8 Å². The van der Waals surface area contributed by atoms with Gasteiger partial charge in [-0.15, -0.1) is 0 Å². The third-order valence-electron chi connectivity index (χ3n) is 10.5. The molecule has 2 nitrogen and oxygen atoms in total. The zero-order chi connectivity index (χ0) is 34.0. The maximum absolute atomic E-state index is 12.0. The summed E-state index contributed by atoms with van der Waals surface area (Å²) in [5.41, 5.74) is 0. The Bertz CT molecular complexity index is 558. The van der Waals surface area contributed by atoms with E-state index in [0.717, 1.165) is 12.8 Å². The van der Waals surface area contributed by atoms with Crippen molar-refractivity contribution >= 4 is 5.97 Å². The molecule has 0 atom stereocenters. The van der Waals surface area contributed by atoms with Crippen molar-refractivity contribution < 1.29 is 9.53 Å². The van der Waals surface area contributed by atoms with Crippen molar-refractivity contribution in [1.29, 1.82) is 0 Å². The number of hydrogen-bond donors (Lipinski definition) is 0. The minimum atomic E-state index is 0.0325. The molecule has 0 aliphatic carbocycles. The van der Waals surface area contributed by atoms with Gasteiger partial charge in [0, 0.05) is 6.42 Å². The molecule has 0 N–H and O–H groups in total. The lowest BCUT2D eigenvalue weighted by molar-refractivity contribution is -0.143. The van der Waals surface area contributed by atoms with Gasteiger partial charge in [0.15, 0.2) is 0 Å². The average molecular weight is 663 g/mol. The van der Waals surface area contributed by atoms with Crippen LogP contribution in [-0.4, -0.2) is 12.6 Å². The van der Waals surface area contributed by atoms with Crippen LogP contribution in [0, 0.1) is 0 Å². The molecule has 0 aromatic carbocycles. The monoisotopic (exact) mass is 663 g/mol. The molecule has 0 radical (unpaired) electrons. The molecule has 0 aliphatic rings. The molecule has 0 fully saturated rings. The van der Waals surface area contributed by atoms with E-state index >= 15 is 0 Å². The van der Waals surface area contributed by atoms with E-state index < -0.39 is 0 Å². The van der Waals surface area contributed by atoms with Crippen molar-refractivity contribution in [3.63, 3.8) is 0 Å². The van der Waals surface area contributed by atoms with E-state index in [2.05, 4.69) is 13.8 Å². The average Bonchev–Trinajstić information content (AvgIpc) is 3.08. The molecule has 0 heterocycles. The fourth-order valence-corrected chi connectivity index (χ4v) is 7.14. The van der Waals surface area contributed by atoms with E-state index in [1.54, 1.807) is 0 Å². The lowest BCUT2D eigenvalue weighted by Gasteiger charge is -2.06. The van der Waals surface area contributed by atoms with Gasteiger partial charge in [-0.1, -0.05) is 258 Å². The summed E-state index contributed by atoms with van der Waals surface area (Å²) in [5.74, 6) is 0.0325. The highest BCUT2D eigenvalue weighted by molar-refractivity contribution is 5.69. The lowest BCUT2D eigenvalue weighted by Crippen LogP contribution is -2.05. The van der Waals surface area contributed by atoms with E-state index in [0.29, 0.717) is 13.0 Å². The van der Waals surface area contributed by atoms with Gasteiger partial charge in [-0.2, -0.15) is 0 Å². The summed E-state index contributed by atoms with van der Waals surface area (Å²) in [5, 5.41) is 0. The van der Waals surface area contributed by atoms with E-state index in [1.807, 2.05) is 0 Å². The summed E-state index contributed by atoms with van der Waals surface area (Å²) in [6, 6.07) is 0. The van der Waals surface area contributed by atoms with Gasteiger partial charge in [0.05, 0.1) is 6.61 Å².